The smallest absolute Gasteiger partial charge is 0.0437 e. The van der Waals surface area contributed by atoms with Crippen LogP contribution >= 0.6 is 11.6 Å². The minimum Gasteiger partial charge on any atom is -0.320 e. The predicted molar refractivity (Wildman–Crippen MR) is 58.4 cm³/mol. The van der Waals surface area contributed by atoms with Crippen molar-refractivity contribution in [2.75, 3.05) is 13.6 Å². The molecular weight excluding hydrogens is 182 g/mol. The molecule has 72 valence electrons. The fourth-order valence-corrected chi connectivity index (χ4v) is 1.57. The molecule has 0 bridgehead atoms. The first kappa shape index (κ1) is 10.6. The molecule has 1 aromatic carbocycles. The molecule has 2 heteroatoms. The zero-order valence-electron chi connectivity index (χ0n) is 8.23. The Labute approximate surface area is 85.1 Å². The quantitative estimate of drug-likeness (QED) is 0.733. The normalized spacial score (nSPS) is 10.4. The highest BCUT2D eigenvalue weighted by atomic mass is 35.5. The molecule has 1 rings (SSSR count). The number of halogens is 1. The molecule has 1 aromatic rings. The molecule has 13 heavy (non-hydrogen) atoms. The molecule has 0 spiro atoms. The van der Waals surface area contributed by atoms with E-state index in [4.69, 9.17) is 11.6 Å². The van der Waals surface area contributed by atoms with Gasteiger partial charge in [0, 0.05) is 5.02 Å². The zero-order chi connectivity index (χ0) is 9.68. The third-order valence-electron chi connectivity index (χ3n) is 2.25. The standard InChI is InChI=1S/C11H16ClN/c1-9-10(6-4-8-13-2)5-3-7-11(9)12/h3,5,7,13H,4,6,8H2,1-2H3. The van der Waals surface area contributed by atoms with E-state index in [0.717, 1.165) is 24.4 Å². The summed E-state index contributed by atoms with van der Waals surface area (Å²) in [7, 11) is 1.98. The lowest BCUT2D eigenvalue weighted by molar-refractivity contribution is 0.723. The second-order valence-corrected chi connectivity index (χ2v) is 3.64. The molecule has 1 N–H and O–H groups in total. The van der Waals surface area contributed by atoms with Crippen LogP contribution in [0.25, 0.3) is 0 Å². The molecule has 1 nitrogen and oxygen atoms in total. The van der Waals surface area contributed by atoms with Crippen molar-refractivity contribution in [2.24, 2.45) is 0 Å². The van der Waals surface area contributed by atoms with Crippen molar-refractivity contribution >= 4 is 11.6 Å². The van der Waals surface area contributed by atoms with E-state index >= 15 is 0 Å². The number of benzene rings is 1. The van der Waals surface area contributed by atoms with Gasteiger partial charge in [-0.15, -0.1) is 0 Å². The van der Waals surface area contributed by atoms with E-state index in [1.807, 2.05) is 19.2 Å². The van der Waals surface area contributed by atoms with Crippen LogP contribution in [0.3, 0.4) is 0 Å². The van der Waals surface area contributed by atoms with Gasteiger partial charge in [0.2, 0.25) is 0 Å². The predicted octanol–water partition coefficient (Wildman–Crippen LogP) is 2.80. The average molecular weight is 198 g/mol. The van der Waals surface area contributed by atoms with Crippen molar-refractivity contribution in [3.8, 4) is 0 Å². The first-order chi connectivity index (χ1) is 6.25. The topological polar surface area (TPSA) is 12.0 Å². The lowest BCUT2D eigenvalue weighted by atomic mass is 10.0. The van der Waals surface area contributed by atoms with Crippen molar-refractivity contribution in [2.45, 2.75) is 19.8 Å². The van der Waals surface area contributed by atoms with Crippen LogP contribution in [-0.2, 0) is 6.42 Å². The molecular formula is C11H16ClN. The number of hydrogen-bond acceptors (Lipinski definition) is 1. The summed E-state index contributed by atoms with van der Waals surface area (Å²) in [5.41, 5.74) is 2.59. The van der Waals surface area contributed by atoms with Crippen molar-refractivity contribution < 1.29 is 0 Å². The molecule has 0 radical (unpaired) electrons. The Morgan fingerprint density at radius 2 is 2.15 bits per heavy atom. The van der Waals surface area contributed by atoms with Gasteiger partial charge in [0.15, 0.2) is 0 Å². The lowest BCUT2D eigenvalue weighted by Crippen LogP contribution is -2.08. The molecule has 0 aromatic heterocycles. The van der Waals surface area contributed by atoms with E-state index in [0.29, 0.717) is 0 Å². The number of nitrogens with one attached hydrogen (secondary N) is 1. The summed E-state index contributed by atoms with van der Waals surface area (Å²) in [6, 6.07) is 6.11. The average Bonchev–Trinajstić information content (AvgIpc) is 2.13. The Morgan fingerprint density at radius 3 is 2.85 bits per heavy atom. The van der Waals surface area contributed by atoms with Crippen LogP contribution in [0.4, 0.5) is 0 Å². The van der Waals surface area contributed by atoms with Gasteiger partial charge >= 0.3 is 0 Å². The van der Waals surface area contributed by atoms with Crippen molar-refractivity contribution in [1.29, 1.82) is 0 Å². The maximum atomic E-state index is 6.01. The Kier molecular flexibility index (Phi) is 4.26. The van der Waals surface area contributed by atoms with Crippen LogP contribution in [0, 0.1) is 6.92 Å². The summed E-state index contributed by atoms with van der Waals surface area (Å²) in [4.78, 5) is 0. The third-order valence-corrected chi connectivity index (χ3v) is 2.66. The summed E-state index contributed by atoms with van der Waals surface area (Å²) < 4.78 is 0. The summed E-state index contributed by atoms with van der Waals surface area (Å²) in [5.74, 6) is 0. The molecule has 0 amide bonds. The first-order valence-corrected chi connectivity index (χ1v) is 5.02. The molecule has 0 saturated heterocycles. The Hall–Kier alpha value is -0.530. The van der Waals surface area contributed by atoms with E-state index in [-0.39, 0.29) is 0 Å². The Balaban J connectivity index is 2.61. The van der Waals surface area contributed by atoms with Crippen LogP contribution in [0.5, 0.6) is 0 Å². The van der Waals surface area contributed by atoms with Gasteiger partial charge in [-0.3, -0.25) is 0 Å². The van der Waals surface area contributed by atoms with Crippen molar-refractivity contribution in [3.63, 3.8) is 0 Å². The molecule has 0 saturated carbocycles. The molecule has 0 aliphatic heterocycles. The number of hydrogen-bond donors (Lipinski definition) is 1. The highest BCUT2D eigenvalue weighted by Gasteiger charge is 2.00. The maximum absolute atomic E-state index is 6.01. The molecule has 0 atom stereocenters. The van der Waals surface area contributed by atoms with Gasteiger partial charge in [-0.1, -0.05) is 23.7 Å². The van der Waals surface area contributed by atoms with Crippen LogP contribution < -0.4 is 5.32 Å². The summed E-state index contributed by atoms with van der Waals surface area (Å²) in [6.45, 7) is 3.14. The highest BCUT2D eigenvalue weighted by Crippen LogP contribution is 2.19. The van der Waals surface area contributed by atoms with Gasteiger partial charge in [-0.05, 0) is 50.6 Å². The Morgan fingerprint density at radius 1 is 1.38 bits per heavy atom. The van der Waals surface area contributed by atoms with Gasteiger partial charge in [0.25, 0.3) is 0 Å². The maximum Gasteiger partial charge on any atom is 0.0437 e. The second-order valence-electron chi connectivity index (χ2n) is 3.23. The minimum atomic E-state index is 0.877. The van der Waals surface area contributed by atoms with Gasteiger partial charge < -0.3 is 5.32 Å². The molecule has 0 aliphatic carbocycles. The third kappa shape index (κ3) is 3.02. The van der Waals surface area contributed by atoms with Gasteiger partial charge in [-0.25, -0.2) is 0 Å². The monoisotopic (exact) mass is 197 g/mol. The Bertz CT molecular complexity index is 271. The minimum absolute atomic E-state index is 0.877. The zero-order valence-corrected chi connectivity index (χ0v) is 8.99. The summed E-state index contributed by atoms with van der Waals surface area (Å²) in [5, 5.41) is 4.02. The highest BCUT2D eigenvalue weighted by molar-refractivity contribution is 6.31. The van der Waals surface area contributed by atoms with Crippen LogP contribution in [0.15, 0.2) is 18.2 Å². The van der Waals surface area contributed by atoms with E-state index in [1.54, 1.807) is 0 Å². The van der Waals surface area contributed by atoms with Gasteiger partial charge in [0.1, 0.15) is 0 Å². The summed E-state index contributed by atoms with van der Waals surface area (Å²) >= 11 is 6.01. The number of aryl methyl sites for hydroxylation is 1. The largest absolute Gasteiger partial charge is 0.320 e. The SMILES string of the molecule is CNCCCc1cccc(Cl)c1C. The molecule has 0 heterocycles. The van der Waals surface area contributed by atoms with E-state index in [1.165, 1.54) is 11.1 Å². The summed E-state index contributed by atoms with van der Waals surface area (Å²) in [6.07, 6.45) is 2.27. The van der Waals surface area contributed by atoms with E-state index in [2.05, 4.69) is 18.3 Å². The van der Waals surface area contributed by atoms with Crippen LogP contribution in [0.2, 0.25) is 5.02 Å². The van der Waals surface area contributed by atoms with E-state index in [9.17, 15) is 0 Å². The van der Waals surface area contributed by atoms with Gasteiger partial charge in [-0.2, -0.15) is 0 Å². The van der Waals surface area contributed by atoms with E-state index < -0.39 is 0 Å². The molecule has 0 aliphatic rings. The molecule has 0 fully saturated rings. The van der Waals surface area contributed by atoms with Crippen molar-refractivity contribution in [1.82, 2.24) is 5.32 Å². The first-order valence-electron chi connectivity index (χ1n) is 4.64. The molecule has 0 unspecified atom stereocenters. The second kappa shape index (κ2) is 5.25. The lowest BCUT2D eigenvalue weighted by Gasteiger charge is -2.06. The number of rotatable bonds is 4. The van der Waals surface area contributed by atoms with Crippen molar-refractivity contribution in [3.05, 3.63) is 34.3 Å². The fourth-order valence-electron chi connectivity index (χ4n) is 1.38. The van der Waals surface area contributed by atoms with Crippen LogP contribution in [-0.4, -0.2) is 13.6 Å². The van der Waals surface area contributed by atoms with Crippen LogP contribution in [0.1, 0.15) is 17.5 Å². The van der Waals surface area contributed by atoms with Gasteiger partial charge in [0.05, 0.1) is 0 Å². The fraction of sp³-hybridized carbons (Fsp3) is 0.455.